The number of hydrogen-bond donors (Lipinski definition) is 0. The van der Waals surface area contributed by atoms with Crippen molar-refractivity contribution >= 4 is 17.4 Å². The Morgan fingerprint density at radius 2 is 2.00 bits per heavy atom. The summed E-state index contributed by atoms with van der Waals surface area (Å²) in [5.41, 5.74) is 1.16. The molecule has 3 rings (SSSR count). The number of halogens is 1. The molecule has 0 bridgehead atoms. The van der Waals surface area contributed by atoms with Crippen molar-refractivity contribution in [2.45, 2.75) is 13.3 Å². The molecule has 132 valence electrons. The van der Waals surface area contributed by atoms with Gasteiger partial charge in [-0.1, -0.05) is 6.92 Å². The van der Waals surface area contributed by atoms with Crippen LogP contribution >= 0.6 is 0 Å². The Bertz CT molecular complexity index is 578. The molecule has 0 N–H and O–H groups in total. The smallest absolute Gasteiger partial charge is 0.326 e. The first-order chi connectivity index (χ1) is 11.7. The molecule has 0 spiro atoms. The van der Waals surface area contributed by atoms with Gasteiger partial charge in [0.15, 0.2) is 0 Å². The van der Waals surface area contributed by atoms with Crippen LogP contribution in [0, 0.1) is 5.82 Å². The normalized spacial score (nSPS) is 18.6. The topological polar surface area (TPSA) is 45.2 Å². The molecule has 0 unspecified atom stereocenters. The van der Waals surface area contributed by atoms with Crippen molar-refractivity contribution < 1.29 is 18.7 Å². The van der Waals surface area contributed by atoms with Crippen LogP contribution in [0.5, 0.6) is 0 Å². The second-order valence-electron chi connectivity index (χ2n) is 5.97. The molecule has 0 atom stereocenters. The van der Waals surface area contributed by atoms with Crippen LogP contribution in [0.1, 0.15) is 13.3 Å². The highest BCUT2D eigenvalue weighted by atomic mass is 19.1. The van der Waals surface area contributed by atoms with Gasteiger partial charge in [0.05, 0.1) is 18.9 Å². The molecule has 1 aromatic carbocycles. The van der Waals surface area contributed by atoms with E-state index in [2.05, 4.69) is 0 Å². The summed E-state index contributed by atoms with van der Waals surface area (Å²) < 4.78 is 25.2. The van der Waals surface area contributed by atoms with Gasteiger partial charge in [-0.25, -0.2) is 9.18 Å². The Hall–Kier alpha value is -1.86. The molecule has 0 aliphatic carbocycles. The van der Waals surface area contributed by atoms with Crippen molar-refractivity contribution in [3.8, 4) is 0 Å². The number of morpholine rings is 1. The van der Waals surface area contributed by atoms with E-state index in [0.29, 0.717) is 57.4 Å². The number of ether oxygens (including phenoxy) is 2. The van der Waals surface area contributed by atoms with E-state index in [-0.39, 0.29) is 18.6 Å². The Balaban J connectivity index is 1.67. The van der Waals surface area contributed by atoms with Crippen LogP contribution in [0.3, 0.4) is 0 Å². The number of carbonyl (C=O) groups is 1. The Labute approximate surface area is 141 Å². The summed E-state index contributed by atoms with van der Waals surface area (Å²) in [5.74, 6) is -0.303. The maximum atomic E-state index is 14.5. The third-order valence-electron chi connectivity index (χ3n) is 4.29. The highest BCUT2D eigenvalue weighted by molar-refractivity contribution is 5.94. The minimum Gasteiger partial charge on any atom is -0.378 e. The van der Waals surface area contributed by atoms with Crippen molar-refractivity contribution in [2.24, 2.45) is 0 Å². The minimum atomic E-state index is -0.303. The van der Waals surface area contributed by atoms with E-state index < -0.39 is 0 Å². The van der Waals surface area contributed by atoms with Gasteiger partial charge in [0.25, 0.3) is 0 Å². The summed E-state index contributed by atoms with van der Waals surface area (Å²) in [6.45, 7) is 6.67. The molecule has 2 heterocycles. The van der Waals surface area contributed by atoms with Crippen LogP contribution in [0.15, 0.2) is 18.2 Å². The van der Waals surface area contributed by atoms with E-state index in [4.69, 9.17) is 9.47 Å². The molecule has 0 saturated carbocycles. The third kappa shape index (κ3) is 3.62. The summed E-state index contributed by atoms with van der Waals surface area (Å²) in [6.07, 6.45) is 0.917. The number of carbonyl (C=O) groups excluding carboxylic acids is 1. The van der Waals surface area contributed by atoms with Crippen molar-refractivity contribution in [3.05, 3.63) is 24.0 Å². The number of anilines is 2. The van der Waals surface area contributed by atoms with Crippen molar-refractivity contribution in [3.63, 3.8) is 0 Å². The minimum absolute atomic E-state index is 0.135. The largest absolute Gasteiger partial charge is 0.378 e. The van der Waals surface area contributed by atoms with E-state index in [1.807, 2.05) is 17.9 Å². The zero-order valence-corrected chi connectivity index (χ0v) is 14.0. The van der Waals surface area contributed by atoms with Gasteiger partial charge in [0, 0.05) is 38.5 Å². The third-order valence-corrected chi connectivity index (χ3v) is 4.29. The van der Waals surface area contributed by atoms with Crippen molar-refractivity contribution in [1.82, 2.24) is 4.90 Å². The fourth-order valence-corrected chi connectivity index (χ4v) is 2.99. The summed E-state index contributed by atoms with van der Waals surface area (Å²) >= 11 is 0. The monoisotopic (exact) mass is 337 g/mol. The number of hydrogen-bond acceptors (Lipinski definition) is 4. The molecule has 0 radical (unpaired) electrons. The SMILES string of the molecule is CCCOCN1CCN(c2ccc(N3CCOCC3)c(F)c2)C1=O. The predicted molar refractivity (Wildman–Crippen MR) is 90.0 cm³/mol. The first kappa shape index (κ1) is 17.0. The van der Waals surface area contributed by atoms with Crippen molar-refractivity contribution in [1.29, 1.82) is 0 Å². The fraction of sp³-hybridized carbons (Fsp3) is 0.588. The first-order valence-corrected chi connectivity index (χ1v) is 8.47. The van der Waals surface area contributed by atoms with Crippen LogP contribution < -0.4 is 9.80 Å². The van der Waals surface area contributed by atoms with E-state index in [1.54, 1.807) is 15.9 Å². The highest BCUT2D eigenvalue weighted by Gasteiger charge is 2.30. The lowest BCUT2D eigenvalue weighted by Gasteiger charge is -2.29. The fourth-order valence-electron chi connectivity index (χ4n) is 2.99. The first-order valence-electron chi connectivity index (χ1n) is 8.47. The Morgan fingerprint density at radius 3 is 2.71 bits per heavy atom. The standard InChI is InChI=1S/C17H24FN3O3/c1-2-9-24-13-20-5-6-21(17(20)22)14-3-4-16(15(18)12-14)19-7-10-23-11-8-19/h3-4,12H,2,5-11,13H2,1H3. The Kier molecular flexibility index (Phi) is 5.52. The van der Waals surface area contributed by atoms with Crippen LogP contribution in [-0.2, 0) is 9.47 Å². The second kappa shape index (κ2) is 7.81. The molecule has 7 heteroatoms. The molecule has 6 nitrogen and oxygen atoms in total. The lowest BCUT2D eigenvalue weighted by Crippen LogP contribution is -2.37. The van der Waals surface area contributed by atoms with Gasteiger partial charge in [0.2, 0.25) is 0 Å². The summed E-state index contributed by atoms with van der Waals surface area (Å²) in [7, 11) is 0. The predicted octanol–water partition coefficient (Wildman–Crippen LogP) is 2.29. The van der Waals surface area contributed by atoms with Crippen LogP contribution in [-0.4, -0.2) is 63.7 Å². The van der Waals surface area contributed by atoms with Gasteiger partial charge in [-0.05, 0) is 24.6 Å². The maximum Gasteiger partial charge on any atom is 0.326 e. The average Bonchev–Trinajstić information content (AvgIpc) is 2.97. The molecular formula is C17H24FN3O3. The molecular weight excluding hydrogens is 313 g/mol. The lowest BCUT2D eigenvalue weighted by molar-refractivity contribution is 0.0586. The van der Waals surface area contributed by atoms with Gasteiger partial charge in [-0.3, -0.25) is 9.80 Å². The quantitative estimate of drug-likeness (QED) is 0.747. The zero-order chi connectivity index (χ0) is 16.9. The number of nitrogens with zero attached hydrogens (tertiary/aromatic N) is 3. The molecule has 2 aliphatic heterocycles. The zero-order valence-electron chi connectivity index (χ0n) is 14.0. The van der Waals surface area contributed by atoms with Gasteiger partial charge in [-0.2, -0.15) is 0 Å². The maximum absolute atomic E-state index is 14.5. The molecule has 0 aromatic heterocycles. The van der Waals surface area contributed by atoms with Crippen LogP contribution in [0.2, 0.25) is 0 Å². The van der Waals surface area contributed by atoms with Gasteiger partial charge < -0.3 is 14.4 Å². The van der Waals surface area contributed by atoms with E-state index in [9.17, 15) is 9.18 Å². The molecule has 1 aromatic rings. The van der Waals surface area contributed by atoms with E-state index in [1.165, 1.54) is 6.07 Å². The lowest BCUT2D eigenvalue weighted by atomic mass is 10.2. The number of rotatable bonds is 6. The van der Waals surface area contributed by atoms with Crippen LogP contribution in [0.25, 0.3) is 0 Å². The van der Waals surface area contributed by atoms with Gasteiger partial charge >= 0.3 is 6.03 Å². The average molecular weight is 337 g/mol. The van der Waals surface area contributed by atoms with E-state index >= 15 is 0 Å². The molecule has 2 aliphatic rings. The molecule has 2 fully saturated rings. The van der Waals surface area contributed by atoms with Crippen molar-refractivity contribution in [2.75, 3.05) is 62.5 Å². The Morgan fingerprint density at radius 1 is 1.21 bits per heavy atom. The summed E-state index contributed by atoms with van der Waals surface area (Å²) in [4.78, 5) is 17.6. The highest BCUT2D eigenvalue weighted by Crippen LogP contribution is 2.27. The number of urea groups is 1. The molecule has 2 saturated heterocycles. The van der Waals surface area contributed by atoms with Crippen LogP contribution in [0.4, 0.5) is 20.6 Å². The second-order valence-corrected chi connectivity index (χ2v) is 5.97. The number of benzene rings is 1. The summed E-state index contributed by atoms with van der Waals surface area (Å²) in [6, 6.07) is 4.87. The van der Waals surface area contributed by atoms with Gasteiger partial charge in [-0.15, -0.1) is 0 Å². The van der Waals surface area contributed by atoms with Gasteiger partial charge in [0.1, 0.15) is 12.5 Å². The summed E-state index contributed by atoms with van der Waals surface area (Å²) in [5, 5.41) is 0. The number of amides is 2. The molecule has 24 heavy (non-hydrogen) atoms. The molecule has 2 amide bonds. The van der Waals surface area contributed by atoms with E-state index in [0.717, 1.165) is 6.42 Å².